The van der Waals surface area contributed by atoms with Crippen LogP contribution in [0.1, 0.15) is 13.8 Å². The zero-order chi connectivity index (χ0) is 13.0. The molecule has 1 rings (SSSR count). The highest BCUT2D eigenvalue weighted by Crippen LogP contribution is 2.22. The van der Waals surface area contributed by atoms with Gasteiger partial charge < -0.3 is 10.1 Å². The molecule has 0 spiro atoms. The number of amides is 1. The third-order valence-corrected chi connectivity index (χ3v) is 3.73. The van der Waals surface area contributed by atoms with E-state index < -0.39 is 5.82 Å². The van der Waals surface area contributed by atoms with Crippen molar-refractivity contribution >= 4 is 27.5 Å². The Kier molecular flexibility index (Phi) is 4.93. The number of halogens is 2. The van der Waals surface area contributed by atoms with Crippen LogP contribution in [-0.2, 0) is 4.79 Å². The lowest BCUT2D eigenvalue weighted by Crippen LogP contribution is -2.27. The van der Waals surface area contributed by atoms with Gasteiger partial charge in [-0.3, -0.25) is 4.79 Å². The summed E-state index contributed by atoms with van der Waals surface area (Å²) in [6, 6.07) is 4.31. The maximum Gasteiger partial charge on any atom is 0.238 e. The van der Waals surface area contributed by atoms with Gasteiger partial charge in [0.1, 0.15) is 0 Å². The highest BCUT2D eigenvalue weighted by molar-refractivity contribution is 9.10. The molecule has 0 aromatic heterocycles. The van der Waals surface area contributed by atoms with E-state index in [4.69, 9.17) is 4.74 Å². The highest BCUT2D eigenvalue weighted by Gasteiger charge is 2.18. The van der Waals surface area contributed by atoms with Gasteiger partial charge in [0.2, 0.25) is 5.91 Å². The smallest absolute Gasteiger partial charge is 0.238 e. The fourth-order valence-corrected chi connectivity index (χ4v) is 1.37. The molecule has 1 atom stereocenters. The van der Waals surface area contributed by atoms with E-state index in [2.05, 4.69) is 21.2 Å². The number of ether oxygens (including phenoxy) is 1. The predicted molar refractivity (Wildman–Crippen MR) is 69.1 cm³/mol. The van der Waals surface area contributed by atoms with Crippen LogP contribution >= 0.6 is 15.9 Å². The molecule has 1 aromatic rings. The maximum absolute atomic E-state index is 13.4. The van der Waals surface area contributed by atoms with Gasteiger partial charge in [-0.25, -0.2) is 4.39 Å². The van der Waals surface area contributed by atoms with Crippen LogP contribution in [0.2, 0.25) is 0 Å². The van der Waals surface area contributed by atoms with Crippen molar-refractivity contribution in [1.29, 1.82) is 0 Å². The Hall–Kier alpha value is -1.10. The molecule has 94 valence electrons. The summed E-state index contributed by atoms with van der Waals surface area (Å²) in [5, 5.41) is 2.63. The lowest BCUT2D eigenvalue weighted by Gasteiger charge is -2.14. The van der Waals surface area contributed by atoms with Gasteiger partial charge in [-0.2, -0.15) is 0 Å². The zero-order valence-electron chi connectivity index (χ0n) is 9.96. The molecule has 1 amide bonds. The van der Waals surface area contributed by atoms with Crippen LogP contribution in [0, 0.1) is 11.7 Å². The summed E-state index contributed by atoms with van der Waals surface area (Å²) < 4.78 is 18.2. The Morgan fingerprint density at radius 1 is 1.47 bits per heavy atom. The number of carbonyl (C=O) groups excluding carboxylic acids is 1. The summed E-state index contributed by atoms with van der Waals surface area (Å²) in [5.41, 5.74) is 0.415. The van der Waals surface area contributed by atoms with Gasteiger partial charge in [0.15, 0.2) is 11.6 Å². The molecule has 0 aliphatic rings. The quantitative estimate of drug-likeness (QED) is 0.868. The van der Waals surface area contributed by atoms with Crippen molar-refractivity contribution in [3.8, 4) is 5.75 Å². The van der Waals surface area contributed by atoms with Crippen molar-refractivity contribution in [3.05, 3.63) is 24.0 Å². The van der Waals surface area contributed by atoms with Gasteiger partial charge in [0.05, 0.1) is 11.9 Å². The molecular formula is C12H15BrFNO2. The fourth-order valence-electron chi connectivity index (χ4n) is 1.26. The second-order valence-electron chi connectivity index (χ2n) is 3.98. The van der Waals surface area contributed by atoms with E-state index in [-0.39, 0.29) is 22.4 Å². The van der Waals surface area contributed by atoms with Crippen molar-refractivity contribution < 1.29 is 13.9 Å². The van der Waals surface area contributed by atoms with E-state index >= 15 is 0 Å². The first-order valence-corrected chi connectivity index (χ1v) is 6.15. The van der Waals surface area contributed by atoms with Crippen molar-refractivity contribution in [2.75, 3.05) is 12.4 Å². The first-order valence-electron chi connectivity index (χ1n) is 5.24. The number of benzene rings is 1. The number of hydrogen-bond acceptors (Lipinski definition) is 2. The van der Waals surface area contributed by atoms with E-state index in [0.717, 1.165) is 0 Å². The van der Waals surface area contributed by atoms with Crippen molar-refractivity contribution in [1.82, 2.24) is 0 Å². The third kappa shape index (κ3) is 3.70. The topological polar surface area (TPSA) is 38.3 Å². The van der Waals surface area contributed by atoms with Crippen LogP contribution < -0.4 is 10.1 Å². The minimum atomic E-state index is -0.499. The molecule has 17 heavy (non-hydrogen) atoms. The van der Waals surface area contributed by atoms with Gasteiger partial charge in [-0.05, 0) is 18.1 Å². The first kappa shape index (κ1) is 14.0. The number of alkyl halides is 1. The van der Waals surface area contributed by atoms with E-state index in [1.54, 1.807) is 6.07 Å². The Bertz CT molecular complexity index is 409. The van der Waals surface area contributed by atoms with Crippen LogP contribution in [0.4, 0.5) is 10.1 Å². The standard InChI is InChI=1S/C12H15BrFNO2/c1-7(2)11(13)12(16)15-8-4-5-10(17-3)9(14)6-8/h4-7,11H,1-3H3,(H,15,16). The van der Waals surface area contributed by atoms with Gasteiger partial charge >= 0.3 is 0 Å². The minimum Gasteiger partial charge on any atom is -0.494 e. The van der Waals surface area contributed by atoms with E-state index in [9.17, 15) is 9.18 Å². The monoisotopic (exact) mass is 303 g/mol. The minimum absolute atomic E-state index is 0.155. The molecule has 1 N–H and O–H groups in total. The normalized spacial score (nSPS) is 12.4. The SMILES string of the molecule is COc1ccc(NC(=O)C(Br)C(C)C)cc1F. The number of nitrogens with one attached hydrogen (secondary N) is 1. The van der Waals surface area contributed by atoms with Crippen LogP contribution in [0.3, 0.4) is 0 Å². The molecule has 0 bridgehead atoms. The summed E-state index contributed by atoms with van der Waals surface area (Å²) in [6.07, 6.45) is 0. The van der Waals surface area contributed by atoms with Crippen LogP contribution in [-0.4, -0.2) is 17.8 Å². The summed E-state index contributed by atoms with van der Waals surface area (Å²) in [5.74, 6) is -0.370. The van der Waals surface area contributed by atoms with E-state index in [1.807, 2.05) is 13.8 Å². The molecule has 0 aliphatic carbocycles. The molecule has 3 nitrogen and oxygen atoms in total. The molecule has 5 heteroatoms. The highest BCUT2D eigenvalue weighted by atomic mass is 79.9. The molecule has 0 saturated carbocycles. The molecule has 0 aliphatic heterocycles. The number of methoxy groups -OCH3 is 1. The predicted octanol–water partition coefficient (Wildman–Crippen LogP) is 3.19. The molecule has 1 aromatic carbocycles. The lowest BCUT2D eigenvalue weighted by molar-refractivity contribution is -0.116. The zero-order valence-corrected chi connectivity index (χ0v) is 11.5. The summed E-state index contributed by atoms with van der Waals surface area (Å²) in [7, 11) is 1.39. The summed E-state index contributed by atoms with van der Waals surface area (Å²) in [4.78, 5) is 11.4. The van der Waals surface area contributed by atoms with Crippen molar-refractivity contribution in [3.63, 3.8) is 0 Å². The summed E-state index contributed by atoms with van der Waals surface area (Å²) in [6.45, 7) is 3.85. The third-order valence-electron chi connectivity index (χ3n) is 2.26. The van der Waals surface area contributed by atoms with Gasteiger partial charge in [-0.15, -0.1) is 0 Å². The average Bonchev–Trinajstić information content (AvgIpc) is 2.28. The Morgan fingerprint density at radius 2 is 2.12 bits per heavy atom. The van der Waals surface area contributed by atoms with Crippen LogP contribution in [0.15, 0.2) is 18.2 Å². The first-order chi connectivity index (χ1) is 7.95. The van der Waals surface area contributed by atoms with Crippen molar-refractivity contribution in [2.45, 2.75) is 18.7 Å². The Morgan fingerprint density at radius 3 is 2.59 bits per heavy atom. The molecule has 0 radical (unpaired) electrons. The van der Waals surface area contributed by atoms with Gasteiger partial charge in [-0.1, -0.05) is 29.8 Å². The number of anilines is 1. The Labute approximate surface area is 108 Å². The summed E-state index contributed by atoms with van der Waals surface area (Å²) >= 11 is 3.28. The molecule has 0 fully saturated rings. The number of carbonyl (C=O) groups is 1. The number of hydrogen-bond donors (Lipinski definition) is 1. The molecular weight excluding hydrogens is 289 g/mol. The number of rotatable bonds is 4. The average molecular weight is 304 g/mol. The van der Waals surface area contributed by atoms with E-state index in [1.165, 1.54) is 19.2 Å². The van der Waals surface area contributed by atoms with Gasteiger partial charge in [0.25, 0.3) is 0 Å². The molecule has 0 saturated heterocycles. The lowest BCUT2D eigenvalue weighted by atomic mass is 10.1. The Balaban J connectivity index is 2.76. The van der Waals surface area contributed by atoms with E-state index in [0.29, 0.717) is 5.69 Å². The maximum atomic E-state index is 13.4. The van der Waals surface area contributed by atoms with Crippen LogP contribution in [0.25, 0.3) is 0 Å². The van der Waals surface area contributed by atoms with Crippen LogP contribution in [0.5, 0.6) is 5.75 Å². The largest absolute Gasteiger partial charge is 0.494 e. The second-order valence-corrected chi connectivity index (χ2v) is 4.97. The van der Waals surface area contributed by atoms with Crippen molar-refractivity contribution in [2.24, 2.45) is 5.92 Å². The molecule has 1 unspecified atom stereocenters. The molecule has 0 heterocycles. The fraction of sp³-hybridized carbons (Fsp3) is 0.417. The second kappa shape index (κ2) is 6.00. The van der Waals surface area contributed by atoms with Gasteiger partial charge in [0, 0.05) is 11.8 Å².